The van der Waals surface area contributed by atoms with Crippen LogP contribution in [-0.2, 0) is 28.5 Å². The molecule has 3 rings (SSSR count). The van der Waals surface area contributed by atoms with E-state index in [-0.39, 0.29) is 29.8 Å². The summed E-state index contributed by atoms with van der Waals surface area (Å²) in [5.74, 6) is -1.68. The average Bonchev–Trinajstić information content (AvgIpc) is 3.14. The predicted octanol–water partition coefficient (Wildman–Crippen LogP) is 3.16. The lowest BCUT2D eigenvalue weighted by Crippen LogP contribution is -2.30. The third-order valence-electron chi connectivity index (χ3n) is 6.07. The molecule has 2 heterocycles. The lowest BCUT2D eigenvalue weighted by Gasteiger charge is -2.23. The van der Waals surface area contributed by atoms with Crippen molar-refractivity contribution in [2.45, 2.75) is 58.2 Å². The van der Waals surface area contributed by atoms with E-state index in [1.54, 1.807) is 56.9 Å². The second kappa shape index (κ2) is 11.9. The first-order valence-electron chi connectivity index (χ1n) is 11.8. The molecule has 0 N–H and O–H groups in total. The van der Waals surface area contributed by atoms with E-state index in [4.69, 9.17) is 23.7 Å². The molecule has 36 heavy (non-hydrogen) atoms. The van der Waals surface area contributed by atoms with Gasteiger partial charge >= 0.3 is 13.4 Å². The van der Waals surface area contributed by atoms with Gasteiger partial charge in [-0.05, 0) is 51.9 Å². The number of hydrogen-bond acceptors (Lipinski definition) is 9. The number of anilines is 1. The number of benzene rings is 1. The van der Waals surface area contributed by atoms with Gasteiger partial charge in [0.15, 0.2) is 18.4 Å². The second-order valence-electron chi connectivity index (χ2n) is 9.32. The van der Waals surface area contributed by atoms with Crippen LogP contribution in [0.1, 0.15) is 50.0 Å². The van der Waals surface area contributed by atoms with Crippen LogP contribution in [0.3, 0.4) is 0 Å². The Balaban J connectivity index is 2.11. The Labute approximate surface area is 212 Å². The number of nitrogens with zero attached hydrogens (tertiary/aromatic N) is 1. The molecule has 1 aromatic carbocycles. The molecule has 0 aliphatic carbocycles. The van der Waals surface area contributed by atoms with Gasteiger partial charge in [0.1, 0.15) is 29.7 Å². The zero-order chi connectivity index (χ0) is 26.5. The fourth-order valence-electron chi connectivity index (χ4n) is 4.00. The molecule has 1 radical (unpaired) electrons. The van der Waals surface area contributed by atoms with Crippen LogP contribution in [0.2, 0.25) is 0 Å². The number of carbonyl (C=O) groups excluding carboxylic acids is 3. The quantitative estimate of drug-likeness (QED) is 0.253. The van der Waals surface area contributed by atoms with Crippen LogP contribution >= 0.6 is 0 Å². The maximum absolute atomic E-state index is 13.4. The fraction of sp³-hybridized carbons (Fsp3) is 0.500. The van der Waals surface area contributed by atoms with Crippen molar-refractivity contribution in [1.29, 1.82) is 0 Å². The van der Waals surface area contributed by atoms with Gasteiger partial charge in [-0.3, -0.25) is 4.79 Å². The Morgan fingerprint density at radius 2 is 1.94 bits per heavy atom. The zero-order valence-electron chi connectivity index (χ0n) is 21.6. The number of methoxy groups -OCH3 is 1. The summed E-state index contributed by atoms with van der Waals surface area (Å²) in [6.07, 6.45) is 5.99. The van der Waals surface area contributed by atoms with Gasteiger partial charge in [0.25, 0.3) is 0 Å². The van der Waals surface area contributed by atoms with E-state index in [0.29, 0.717) is 23.9 Å². The normalized spacial score (nSPS) is 25.8. The van der Waals surface area contributed by atoms with Crippen molar-refractivity contribution >= 4 is 37.1 Å². The maximum atomic E-state index is 13.4. The molecule has 0 bridgehead atoms. The minimum Gasteiger partial charge on any atom is -0.467 e. The number of ether oxygens (including phenoxy) is 5. The van der Waals surface area contributed by atoms with Crippen LogP contribution < -0.4 is 9.55 Å². The Morgan fingerprint density at radius 3 is 2.64 bits per heavy atom. The summed E-state index contributed by atoms with van der Waals surface area (Å²) in [6.45, 7) is 7.07. The highest BCUT2D eigenvalue weighted by atomic mass is 16.8. The smallest absolute Gasteiger partial charge is 0.342 e. The van der Waals surface area contributed by atoms with Crippen molar-refractivity contribution in [3.05, 3.63) is 41.5 Å². The third kappa shape index (κ3) is 6.63. The van der Waals surface area contributed by atoms with Gasteiger partial charge in [-0.1, -0.05) is 25.2 Å². The molecule has 1 aromatic rings. The zero-order valence-corrected chi connectivity index (χ0v) is 21.6. The van der Waals surface area contributed by atoms with Crippen molar-refractivity contribution in [2.75, 3.05) is 25.8 Å². The van der Waals surface area contributed by atoms with Crippen LogP contribution in [0.15, 0.2) is 30.4 Å². The van der Waals surface area contributed by atoms with E-state index in [0.717, 1.165) is 0 Å². The number of fused-ring (bicyclic) bond motifs is 2. The Hall–Kier alpha value is -2.95. The number of ketones is 1. The average molecular weight is 498 g/mol. The van der Waals surface area contributed by atoms with Crippen LogP contribution in [0.5, 0.6) is 5.75 Å². The molecule has 10 heteroatoms. The predicted molar refractivity (Wildman–Crippen MR) is 136 cm³/mol. The van der Waals surface area contributed by atoms with Crippen LogP contribution in [0, 0.1) is 5.92 Å². The van der Waals surface area contributed by atoms with Gasteiger partial charge in [-0.15, -0.1) is 0 Å². The van der Waals surface area contributed by atoms with Gasteiger partial charge in [-0.25, -0.2) is 4.79 Å². The number of hydrogen-bond donors (Lipinski definition) is 0. The molecule has 0 amide bonds. The first kappa shape index (κ1) is 27.6. The Bertz CT molecular complexity index is 1040. The summed E-state index contributed by atoms with van der Waals surface area (Å²) in [5, 5.41) is 0. The summed E-state index contributed by atoms with van der Waals surface area (Å²) in [4.78, 5) is 38.9. The highest BCUT2D eigenvalue weighted by Gasteiger charge is 2.43. The van der Waals surface area contributed by atoms with E-state index >= 15 is 0 Å². The molecular formula is C26H33BNO8. The van der Waals surface area contributed by atoms with Crippen LogP contribution in [0.25, 0.3) is 6.08 Å². The first-order chi connectivity index (χ1) is 17.1. The Kier molecular flexibility index (Phi) is 9.11. The van der Waals surface area contributed by atoms with E-state index in [1.165, 1.54) is 20.6 Å². The molecule has 193 valence electrons. The highest BCUT2D eigenvalue weighted by Crippen LogP contribution is 2.34. The summed E-state index contributed by atoms with van der Waals surface area (Å²) in [7, 11) is 4.54. The number of carbonyl (C=O) groups is 3. The fourth-order valence-corrected chi connectivity index (χ4v) is 4.00. The summed E-state index contributed by atoms with van der Waals surface area (Å²) in [5.41, 5.74) is 1.36. The van der Waals surface area contributed by atoms with E-state index in [9.17, 15) is 14.4 Å². The molecule has 1 saturated heterocycles. The van der Waals surface area contributed by atoms with Crippen molar-refractivity contribution in [1.82, 2.24) is 0 Å². The van der Waals surface area contributed by atoms with E-state index in [1.807, 2.05) is 13.0 Å². The molecule has 2 aliphatic heterocycles. The summed E-state index contributed by atoms with van der Waals surface area (Å²) < 4.78 is 28.5. The molecule has 4 atom stereocenters. The molecule has 0 spiro atoms. The molecule has 0 aromatic heterocycles. The Morgan fingerprint density at radius 1 is 1.19 bits per heavy atom. The van der Waals surface area contributed by atoms with Gasteiger partial charge in [0.2, 0.25) is 0 Å². The highest BCUT2D eigenvalue weighted by molar-refractivity contribution is 6.70. The molecule has 1 unspecified atom stereocenters. The molecule has 1 fully saturated rings. The number of esters is 1. The van der Waals surface area contributed by atoms with E-state index < -0.39 is 30.1 Å². The van der Waals surface area contributed by atoms with Gasteiger partial charge in [0, 0.05) is 24.8 Å². The summed E-state index contributed by atoms with van der Waals surface area (Å²) in [6, 6.07) is 3.40. The van der Waals surface area contributed by atoms with Crippen molar-refractivity contribution < 1.29 is 38.1 Å². The number of cyclic esters (lactones) is 1. The lowest BCUT2D eigenvalue weighted by molar-refractivity contribution is -0.152. The van der Waals surface area contributed by atoms with Crippen molar-refractivity contribution in [2.24, 2.45) is 5.92 Å². The van der Waals surface area contributed by atoms with Gasteiger partial charge < -0.3 is 33.3 Å². The molecule has 2 aliphatic rings. The third-order valence-corrected chi connectivity index (χ3v) is 6.07. The van der Waals surface area contributed by atoms with Crippen molar-refractivity contribution in [3.8, 4) is 5.75 Å². The van der Waals surface area contributed by atoms with Gasteiger partial charge in [0.05, 0.1) is 6.10 Å². The monoisotopic (exact) mass is 498 g/mol. The minimum atomic E-state index is -0.905. The molecule has 9 nitrogen and oxygen atoms in total. The van der Waals surface area contributed by atoms with E-state index in [2.05, 4.69) is 0 Å². The van der Waals surface area contributed by atoms with Crippen LogP contribution in [0.4, 0.5) is 5.69 Å². The first-order valence-corrected chi connectivity index (χ1v) is 11.8. The SMILES string of the molecule is COCOc1cc(N(C)[B]C=O)cc2c1C(=O)O[C@@H](C)[C@H](C)C=CC(=O)C1OC(C)(C)O[C@H]1CC=C2. The standard InChI is InChI=1S/C26H33BNO8/c1-16-10-11-20(30)24-21(35-26(3,4)36-24)9-7-8-18-12-19(28(5)27-14-29)13-22(33-15-32-6)23(18)25(31)34-17(16)2/h7-8,10-14,16-17,21,24H,9,15H2,1-6H3/t16-,17+,21+,24?/m1/s1. The maximum Gasteiger partial charge on any atom is 0.342 e. The second-order valence-corrected chi connectivity index (χ2v) is 9.32. The van der Waals surface area contributed by atoms with Gasteiger partial charge in [-0.2, -0.15) is 0 Å². The lowest BCUT2D eigenvalue weighted by atomic mass is 9.93. The molecule has 0 saturated carbocycles. The molecular weight excluding hydrogens is 465 g/mol. The largest absolute Gasteiger partial charge is 0.467 e. The topological polar surface area (TPSA) is 101 Å². The minimum absolute atomic E-state index is 0.0885. The van der Waals surface area contributed by atoms with Crippen LogP contribution in [-0.4, -0.2) is 70.4 Å². The summed E-state index contributed by atoms with van der Waals surface area (Å²) >= 11 is 0. The number of rotatable bonds is 6. The van der Waals surface area contributed by atoms with Crippen molar-refractivity contribution in [3.63, 3.8) is 0 Å².